The van der Waals surface area contributed by atoms with Crippen molar-refractivity contribution in [3.05, 3.63) is 0 Å². The second-order valence-electron chi connectivity index (χ2n) is 4.90. The zero-order valence-electron chi connectivity index (χ0n) is 10.4. The van der Waals surface area contributed by atoms with E-state index in [9.17, 15) is 0 Å². The number of hydrogen-bond donors (Lipinski definition) is 1. The molecule has 0 amide bonds. The van der Waals surface area contributed by atoms with Gasteiger partial charge in [-0.2, -0.15) is 0 Å². The highest BCUT2D eigenvalue weighted by Crippen LogP contribution is 2.16. The third-order valence-corrected chi connectivity index (χ3v) is 3.52. The lowest BCUT2D eigenvalue weighted by atomic mass is 10.1. The Kier molecular flexibility index (Phi) is 5.47. The Morgan fingerprint density at radius 3 is 2.50 bits per heavy atom. The maximum Gasteiger partial charge on any atom is 0.117 e. The molecule has 1 N–H and O–H groups in total. The number of rotatable bonds is 3. The van der Waals surface area contributed by atoms with E-state index < -0.39 is 0 Å². The predicted molar refractivity (Wildman–Crippen MR) is 68.2 cm³/mol. The summed E-state index contributed by atoms with van der Waals surface area (Å²) in [4.78, 5) is 4.93. The molecule has 16 heavy (non-hydrogen) atoms. The van der Waals surface area contributed by atoms with Crippen LogP contribution in [0.3, 0.4) is 0 Å². The lowest BCUT2D eigenvalue weighted by molar-refractivity contribution is -0.0105. The fourth-order valence-corrected chi connectivity index (χ4v) is 2.25. The first-order valence-corrected chi connectivity index (χ1v) is 5.98. The number of nitrogens with one attached hydrogen (secondary N) is 1. The Morgan fingerprint density at radius 2 is 1.94 bits per heavy atom. The number of nitrogens with zero attached hydrogens (tertiary/aromatic N) is 2. The molecule has 5 heteroatoms. The van der Waals surface area contributed by atoms with E-state index >= 15 is 0 Å². The maximum atomic E-state index is 5.70. The summed E-state index contributed by atoms with van der Waals surface area (Å²) in [5.41, 5.74) is -0.0661. The number of ether oxygens (including phenoxy) is 1. The van der Waals surface area contributed by atoms with Gasteiger partial charge in [0, 0.05) is 45.7 Å². The molecule has 0 saturated carbocycles. The minimum absolute atomic E-state index is 0. The van der Waals surface area contributed by atoms with Crippen molar-refractivity contribution < 1.29 is 4.74 Å². The van der Waals surface area contributed by atoms with Gasteiger partial charge in [0.15, 0.2) is 0 Å². The molecule has 96 valence electrons. The highest BCUT2D eigenvalue weighted by atomic mass is 35.5. The van der Waals surface area contributed by atoms with Gasteiger partial charge in [0.1, 0.15) is 5.72 Å². The van der Waals surface area contributed by atoms with Crippen LogP contribution in [-0.2, 0) is 4.74 Å². The van der Waals surface area contributed by atoms with E-state index in [2.05, 4.69) is 29.1 Å². The second-order valence-corrected chi connectivity index (χ2v) is 4.90. The molecule has 2 fully saturated rings. The van der Waals surface area contributed by atoms with E-state index in [1.807, 2.05) is 0 Å². The molecule has 0 radical (unpaired) electrons. The largest absolute Gasteiger partial charge is 0.360 e. The summed E-state index contributed by atoms with van der Waals surface area (Å²) in [6, 6.07) is 0. The van der Waals surface area contributed by atoms with Crippen molar-refractivity contribution >= 4 is 12.4 Å². The Labute approximate surface area is 105 Å². The normalized spacial score (nSPS) is 32.6. The Balaban J connectivity index is 0.00000128. The third-order valence-electron chi connectivity index (χ3n) is 3.52. The topological polar surface area (TPSA) is 27.7 Å². The van der Waals surface area contributed by atoms with Crippen LogP contribution in [0.25, 0.3) is 0 Å². The molecule has 0 aliphatic carbocycles. The van der Waals surface area contributed by atoms with Gasteiger partial charge < -0.3 is 14.5 Å². The van der Waals surface area contributed by atoms with E-state index in [-0.39, 0.29) is 18.1 Å². The second kappa shape index (κ2) is 6.17. The van der Waals surface area contributed by atoms with Gasteiger partial charge in [0.25, 0.3) is 0 Å². The first-order chi connectivity index (χ1) is 7.18. The zero-order valence-corrected chi connectivity index (χ0v) is 11.2. The van der Waals surface area contributed by atoms with Crippen molar-refractivity contribution in [2.75, 3.05) is 52.9 Å². The highest BCUT2D eigenvalue weighted by Gasteiger charge is 2.29. The standard InChI is InChI=1S/C11H23N3O.ClH/c1-11(12-4-10-15-11)3-5-14-8-6-13(2)7-9-14;/h12H,3-10H2,1-2H3;1H. The summed E-state index contributed by atoms with van der Waals surface area (Å²) in [6.45, 7) is 9.97. The van der Waals surface area contributed by atoms with Gasteiger partial charge in [-0.05, 0) is 14.0 Å². The van der Waals surface area contributed by atoms with Gasteiger partial charge in [-0.15, -0.1) is 12.4 Å². The third kappa shape index (κ3) is 3.86. The van der Waals surface area contributed by atoms with E-state index in [1.54, 1.807) is 0 Å². The molecular weight excluding hydrogens is 226 g/mol. The number of likely N-dealkylation sites (N-methyl/N-ethyl adjacent to an activating group) is 1. The van der Waals surface area contributed by atoms with E-state index in [0.29, 0.717) is 0 Å². The highest BCUT2D eigenvalue weighted by molar-refractivity contribution is 5.85. The van der Waals surface area contributed by atoms with E-state index in [1.165, 1.54) is 26.2 Å². The number of halogens is 1. The monoisotopic (exact) mass is 249 g/mol. The van der Waals surface area contributed by atoms with Crippen LogP contribution in [0.15, 0.2) is 0 Å². The van der Waals surface area contributed by atoms with Crippen LogP contribution in [0.4, 0.5) is 0 Å². The van der Waals surface area contributed by atoms with Crippen LogP contribution in [0, 0.1) is 0 Å². The molecule has 0 aromatic carbocycles. The van der Waals surface area contributed by atoms with Gasteiger partial charge in [0.2, 0.25) is 0 Å². The molecule has 0 aromatic rings. The van der Waals surface area contributed by atoms with Gasteiger partial charge in [0.05, 0.1) is 6.61 Å². The molecule has 0 bridgehead atoms. The Bertz CT molecular complexity index is 201. The minimum atomic E-state index is -0.0661. The van der Waals surface area contributed by atoms with Crippen molar-refractivity contribution in [1.82, 2.24) is 15.1 Å². The number of piperazine rings is 1. The maximum absolute atomic E-state index is 5.70. The molecule has 1 atom stereocenters. The van der Waals surface area contributed by atoms with Crippen LogP contribution in [-0.4, -0.2) is 68.4 Å². The van der Waals surface area contributed by atoms with Crippen molar-refractivity contribution in [3.8, 4) is 0 Å². The van der Waals surface area contributed by atoms with Gasteiger partial charge in [-0.3, -0.25) is 5.32 Å². The van der Waals surface area contributed by atoms with Crippen molar-refractivity contribution in [2.24, 2.45) is 0 Å². The van der Waals surface area contributed by atoms with Crippen molar-refractivity contribution in [2.45, 2.75) is 19.1 Å². The summed E-state index contributed by atoms with van der Waals surface area (Å²) in [7, 11) is 2.19. The number of hydrogen-bond acceptors (Lipinski definition) is 4. The van der Waals surface area contributed by atoms with Crippen LogP contribution in [0.2, 0.25) is 0 Å². The van der Waals surface area contributed by atoms with E-state index in [4.69, 9.17) is 4.74 Å². The molecule has 2 saturated heterocycles. The van der Waals surface area contributed by atoms with Gasteiger partial charge >= 0.3 is 0 Å². The van der Waals surface area contributed by atoms with Gasteiger partial charge in [-0.1, -0.05) is 0 Å². The van der Waals surface area contributed by atoms with Crippen molar-refractivity contribution in [3.63, 3.8) is 0 Å². The quantitative estimate of drug-likeness (QED) is 0.783. The summed E-state index contributed by atoms with van der Waals surface area (Å²) in [5.74, 6) is 0. The molecule has 0 aromatic heterocycles. The lowest BCUT2D eigenvalue weighted by Crippen LogP contribution is -2.47. The average Bonchev–Trinajstić information content (AvgIpc) is 2.65. The van der Waals surface area contributed by atoms with Crippen molar-refractivity contribution in [1.29, 1.82) is 0 Å². The average molecular weight is 250 g/mol. The molecular formula is C11H24ClN3O. The fraction of sp³-hybridized carbons (Fsp3) is 1.00. The smallest absolute Gasteiger partial charge is 0.117 e. The van der Waals surface area contributed by atoms with Crippen LogP contribution in [0.5, 0.6) is 0 Å². The first kappa shape index (κ1) is 14.2. The first-order valence-electron chi connectivity index (χ1n) is 5.98. The molecule has 0 spiro atoms. The molecule has 2 aliphatic rings. The lowest BCUT2D eigenvalue weighted by Gasteiger charge is -2.34. The summed E-state index contributed by atoms with van der Waals surface area (Å²) < 4.78 is 5.70. The van der Waals surface area contributed by atoms with Crippen LogP contribution >= 0.6 is 12.4 Å². The Morgan fingerprint density at radius 1 is 1.25 bits per heavy atom. The summed E-state index contributed by atoms with van der Waals surface area (Å²) in [5, 5.41) is 3.42. The fourth-order valence-electron chi connectivity index (χ4n) is 2.25. The molecule has 2 rings (SSSR count). The predicted octanol–water partition coefficient (Wildman–Crippen LogP) is 0.382. The zero-order chi connectivity index (χ0) is 10.7. The van der Waals surface area contributed by atoms with Gasteiger partial charge in [-0.25, -0.2) is 0 Å². The van der Waals surface area contributed by atoms with Crippen LogP contribution < -0.4 is 5.32 Å². The SMILES string of the molecule is CN1CCN(CCC2(C)NCCO2)CC1.Cl. The Hall–Kier alpha value is 0.130. The molecule has 4 nitrogen and oxygen atoms in total. The molecule has 2 aliphatic heterocycles. The van der Waals surface area contributed by atoms with Crippen LogP contribution in [0.1, 0.15) is 13.3 Å². The minimum Gasteiger partial charge on any atom is -0.360 e. The molecule has 1 unspecified atom stereocenters. The van der Waals surface area contributed by atoms with E-state index in [0.717, 1.165) is 26.1 Å². The summed E-state index contributed by atoms with van der Waals surface area (Å²) in [6.07, 6.45) is 1.09. The summed E-state index contributed by atoms with van der Waals surface area (Å²) >= 11 is 0. The molecule has 2 heterocycles.